The van der Waals surface area contributed by atoms with Gasteiger partial charge in [0.15, 0.2) is 0 Å². The molecule has 0 aliphatic heterocycles. The first kappa shape index (κ1) is 20.2. The monoisotopic (exact) mass is 389 g/mol. The number of nitrogens with one attached hydrogen (secondary N) is 1. The van der Waals surface area contributed by atoms with Crippen LogP contribution >= 0.6 is 0 Å². The molecule has 1 aromatic heterocycles. The first-order valence-electron chi connectivity index (χ1n) is 9.61. The van der Waals surface area contributed by atoms with Gasteiger partial charge in [0.25, 0.3) is 0 Å². The van der Waals surface area contributed by atoms with Gasteiger partial charge in [0.1, 0.15) is 5.82 Å². The summed E-state index contributed by atoms with van der Waals surface area (Å²) >= 11 is 0. The van der Waals surface area contributed by atoms with Crippen molar-refractivity contribution in [1.29, 1.82) is 0 Å². The number of hydrogen-bond donors (Lipinski definition) is 2. The van der Waals surface area contributed by atoms with Crippen LogP contribution in [-0.4, -0.2) is 27.7 Å². The lowest BCUT2D eigenvalue weighted by atomic mass is 10.1. The van der Waals surface area contributed by atoms with Crippen LogP contribution in [0.1, 0.15) is 37.7 Å². The molecule has 0 atom stereocenters. The Morgan fingerprint density at radius 2 is 1.90 bits per heavy atom. The molecule has 0 aliphatic carbocycles. The first-order chi connectivity index (χ1) is 14.2. The van der Waals surface area contributed by atoms with Crippen LogP contribution in [0.4, 0.5) is 11.5 Å². The van der Waals surface area contributed by atoms with Crippen LogP contribution in [-0.2, 0) is 4.79 Å². The number of benzene rings is 2. The number of carboxylic acids is 1. The molecule has 3 rings (SSSR count). The number of hydrogen-bond acceptors (Lipinski definition) is 5. The van der Waals surface area contributed by atoms with Gasteiger partial charge in [-0.3, -0.25) is 4.79 Å². The quantitative estimate of drug-likeness (QED) is 0.384. The second-order valence-corrected chi connectivity index (χ2v) is 6.63. The van der Waals surface area contributed by atoms with E-state index in [-0.39, 0.29) is 6.42 Å². The number of terminal acetylenes is 1. The van der Waals surface area contributed by atoms with E-state index in [1.807, 2.05) is 48.5 Å². The highest BCUT2D eigenvalue weighted by Gasteiger charge is 2.09. The van der Waals surface area contributed by atoms with Crippen molar-refractivity contribution in [3.63, 3.8) is 0 Å². The number of ether oxygens (including phenoxy) is 1. The van der Waals surface area contributed by atoms with Gasteiger partial charge in [-0.1, -0.05) is 37.0 Å². The molecule has 0 fully saturated rings. The Labute approximate surface area is 170 Å². The molecule has 29 heavy (non-hydrogen) atoms. The van der Waals surface area contributed by atoms with Gasteiger partial charge >= 0.3 is 12.0 Å². The molecule has 0 unspecified atom stereocenters. The Morgan fingerprint density at radius 1 is 1.07 bits per heavy atom. The van der Waals surface area contributed by atoms with Crippen molar-refractivity contribution in [2.75, 3.05) is 11.9 Å². The Hall–Kier alpha value is -3.59. The molecule has 2 aromatic carbocycles. The van der Waals surface area contributed by atoms with Crippen LogP contribution in [0.25, 0.3) is 10.9 Å². The fourth-order valence-electron chi connectivity index (χ4n) is 2.93. The summed E-state index contributed by atoms with van der Waals surface area (Å²) in [6.45, 7) is 0.484. The highest BCUT2D eigenvalue weighted by atomic mass is 16.5. The number of fused-ring (bicyclic) bond motifs is 1. The van der Waals surface area contributed by atoms with E-state index in [2.05, 4.69) is 21.2 Å². The highest BCUT2D eigenvalue weighted by Crippen LogP contribution is 2.26. The van der Waals surface area contributed by atoms with E-state index in [1.54, 1.807) is 0 Å². The van der Waals surface area contributed by atoms with Crippen molar-refractivity contribution in [2.45, 2.75) is 32.1 Å². The molecule has 148 valence electrons. The smallest absolute Gasteiger partial charge is 0.318 e. The van der Waals surface area contributed by atoms with Crippen molar-refractivity contribution in [3.05, 3.63) is 54.1 Å². The van der Waals surface area contributed by atoms with Crippen LogP contribution in [0, 0.1) is 12.3 Å². The molecular weight excluding hydrogens is 366 g/mol. The minimum Gasteiger partial charge on any atom is -0.481 e. The molecule has 3 aromatic rings. The number of aromatic nitrogens is 2. The summed E-state index contributed by atoms with van der Waals surface area (Å²) < 4.78 is 5.75. The van der Waals surface area contributed by atoms with Crippen molar-refractivity contribution < 1.29 is 14.6 Å². The number of para-hydroxylation sites is 1. The summed E-state index contributed by atoms with van der Waals surface area (Å²) in [4.78, 5) is 19.5. The van der Waals surface area contributed by atoms with Gasteiger partial charge in [-0.2, -0.15) is 9.97 Å². The molecular formula is C23H23N3O3. The molecule has 6 heteroatoms. The number of aliphatic carboxylic acids is 1. The molecule has 0 saturated heterocycles. The summed E-state index contributed by atoms with van der Waals surface area (Å²) in [7, 11) is 0. The van der Waals surface area contributed by atoms with Crippen LogP contribution < -0.4 is 10.1 Å². The molecule has 0 bridgehead atoms. The van der Waals surface area contributed by atoms with Crippen molar-refractivity contribution in [1.82, 2.24) is 9.97 Å². The molecule has 1 heterocycles. The third kappa shape index (κ3) is 5.94. The van der Waals surface area contributed by atoms with Gasteiger partial charge in [0.2, 0.25) is 0 Å². The number of unbranched alkanes of at least 4 members (excludes halogenated alkanes) is 3. The first-order valence-corrected chi connectivity index (χ1v) is 9.61. The largest absolute Gasteiger partial charge is 0.481 e. The third-order valence-electron chi connectivity index (χ3n) is 4.39. The van der Waals surface area contributed by atoms with Gasteiger partial charge in [-0.05, 0) is 43.2 Å². The average molecular weight is 389 g/mol. The van der Waals surface area contributed by atoms with Crippen molar-refractivity contribution in [3.8, 4) is 18.4 Å². The lowest BCUT2D eigenvalue weighted by molar-refractivity contribution is -0.137. The molecule has 0 saturated carbocycles. The van der Waals surface area contributed by atoms with Crippen molar-refractivity contribution >= 4 is 28.4 Å². The summed E-state index contributed by atoms with van der Waals surface area (Å²) in [5.41, 5.74) is 2.41. The van der Waals surface area contributed by atoms with Gasteiger partial charge < -0.3 is 15.2 Å². The van der Waals surface area contributed by atoms with Crippen LogP contribution in [0.15, 0.2) is 48.5 Å². The van der Waals surface area contributed by atoms with Gasteiger partial charge in [0, 0.05) is 23.1 Å². The maximum absolute atomic E-state index is 10.5. The average Bonchev–Trinajstić information content (AvgIpc) is 2.73. The van der Waals surface area contributed by atoms with Gasteiger partial charge in [-0.15, -0.1) is 6.42 Å². The number of anilines is 2. The Kier molecular flexibility index (Phi) is 7.01. The van der Waals surface area contributed by atoms with Crippen LogP contribution in [0.2, 0.25) is 0 Å². The number of rotatable bonds is 10. The van der Waals surface area contributed by atoms with E-state index in [1.165, 1.54) is 0 Å². The maximum Gasteiger partial charge on any atom is 0.318 e. The van der Waals surface area contributed by atoms with E-state index in [0.717, 1.165) is 41.4 Å². The number of carbonyl (C=O) groups is 1. The van der Waals surface area contributed by atoms with E-state index < -0.39 is 5.97 Å². The lowest BCUT2D eigenvalue weighted by Crippen LogP contribution is -2.04. The molecule has 2 N–H and O–H groups in total. The Bertz CT molecular complexity index is 1030. The fourth-order valence-corrected chi connectivity index (χ4v) is 2.93. The molecule has 0 amide bonds. The fraction of sp³-hybridized carbons (Fsp3) is 0.261. The topological polar surface area (TPSA) is 84.3 Å². The normalized spacial score (nSPS) is 10.4. The predicted molar refractivity (Wildman–Crippen MR) is 113 cm³/mol. The highest BCUT2D eigenvalue weighted by molar-refractivity contribution is 5.91. The number of carboxylic acid groups (broad SMARTS) is 1. The van der Waals surface area contributed by atoms with Crippen LogP contribution in [0.3, 0.4) is 0 Å². The zero-order chi connectivity index (χ0) is 20.5. The standard InChI is InChI=1S/C23H23N3O3/c1-2-17-10-9-11-18(16-17)24-22-19-12-6-7-13-20(19)25-23(26-22)29-15-8-4-3-5-14-21(27)28/h1,6-7,9-13,16H,3-5,8,14-15H2,(H,27,28)(H,24,25,26). The van der Waals surface area contributed by atoms with Crippen molar-refractivity contribution in [2.24, 2.45) is 0 Å². The van der Waals surface area contributed by atoms with Crippen LogP contribution in [0.5, 0.6) is 6.01 Å². The summed E-state index contributed by atoms with van der Waals surface area (Å²) in [6, 6.07) is 15.6. The number of nitrogens with zero attached hydrogens (tertiary/aromatic N) is 2. The molecule has 0 spiro atoms. The Balaban J connectivity index is 1.67. The predicted octanol–water partition coefficient (Wildman–Crippen LogP) is 4.77. The zero-order valence-electron chi connectivity index (χ0n) is 16.1. The zero-order valence-corrected chi connectivity index (χ0v) is 16.1. The summed E-state index contributed by atoms with van der Waals surface area (Å²) in [5, 5.41) is 12.9. The molecule has 0 radical (unpaired) electrons. The second kappa shape index (κ2) is 10.1. The summed E-state index contributed by atoms with van der Waals surface area (Å²) in [5.74, 6) is 2.53. The van der Waals surface area contributed by atoms with E-state index in [4.69, 9.17) is 16.3 Å². The molecule has 6 nitrogen and oxygen atoms in total. The van der Waals surface area contributed by atoms with E-state index in [0.29, 0.717) is 24.9 Å². The van der Waals surface area contributed by atoms with E-state index in [9.17, 15) is 4.79 Å². The molecule has 0 aliphatic rings. The maximum atomic E-state index is 10.5. The lowest BCUT2D eigenvalue weighted by Gasteiger charge is -2.11. The van der Waals surface area contributed by atoms with Gasteiger partial charge in [0.05, 0.1) is 12.1 Å². The van der Waals surface area contributed by atoms with Gasteiger partial charge in [-0.25, -0.2) is 0 Å². The third-order valence-corrected chi connectivity index (χ3v) is 4.39. The Morgan fingerprint density at radius 3 is 2.72 bits per heavy atom. The second-order valence-electron chi connectivity index (χ2n) is 6.63. The SMILES string of the molecule is C#Cc1cccc(Nc2nc(OCCCCCCC(=O)O)nc3ccccc23)c1. The summed E-state index contributed by atoms with van der Waals surface area (Å²) in [6.07, 6.45) is 8.98. The van der Waals surface area contributed by atoms with E-state index >= 15 is 0 Å². The minimum atomic E-state index is -0.751. The minimum absolute atomic E-state index is 0.213.